The van der Waals surface area contributed by atoms with E-state index >= 15 is 0 Å². The van der Waals surface area contributed by atoms with Gasteiger partial charge in [-0.05, 0) is 39.2 Å². The third-order valence-electron chi connectivity index (χ3n) is 3.63. The summed E-state index contributed by atoms with van der Waals surface area (Å²) in [5.74, 6) is 0. The van der Waals surface area contributed by atoms with Gasteiger partial charge in [0.1, 0.15) is 0 Å². The zero-order valence-electron chi connectivity index (χ0n) is 10.8. The molecule has 2 saturated heterocycles. The van der Waals surface area contributed by atoms with E-state index in [1.54, 1.807) is 0 Å². The predicted molar refractivity (Wildman–Crippen MR) is 66.1 cm³/mol. The zero-order valence-corrected chi connectivity index (χ0v) is 10.8. The van der Waals surface area contributed by atoms with E-state index in [0.29, 0.717) is 6.10 Å². The van der Waals surface area contributed by atoms with Crippen molar-refractivity contribution in [3.05, 3.63) is 0 Å². The highest BCUT2D eigenvalue weighted by molar-refractivity contribution is 4.76. The van der Waals surface area contributed by atoms with Gasteiger partial charge in [0.2, 0.25) is 0 Å². The van der Waals surface area contributed by atoms with Crippen molar-refractivity contribution in [2.24, 2.45) is 0 Å². The molecule has 2 fully saturated rings. The van der Waals surface area contributed by atoms with Gasteiger partial charge in [0, 0.05) is 19.7 Å². The average Bonchev–Trinajstić information content (AvgIpc) is 2.81. The smallest absolute Gasteiger partial charge is 0.0936 e. The van der Waals surface area contributed by atoms with Crippen molar-refractivity contribution in [3.8, 4) is 0 Å². The van der Waals surface area contributed by atoms with E-state index < -0.39 is 0 Å². The Morgan fingerprint density at radius 2 is 2.18 bits per heavy atom. The largest absolute Gasteiger partial charge is 0.394 e. The molecule has 3 unspecified atom stereocenters. The van der Waals surface area contributed by atoms with Gasteiger partial charge < -0.3 is 14.6 Å². The van der Waals surface area contributed by atoms with Crippen molar-refractivity contribution in [1.82, 2.24) is 4.90 Å². The molecule has 0 aromatic rings. The number of nitrogens with zero attached hydrogens (tertiary/aromatic N) is 1. The Morgan fingerprint density at radius 3 is 2.88 bits per heavy atom. The third-order valence-corrected chi connectivity index (χ3v) is 3.63. The number of aliphatic hydroxyl groups excluding tert-OH is 1. The highest BCUT2D eigenvalue weighted by Crippen LogP contribution is 2.18. The maximum absolute atomic E-state index is 9.15. The van der Waals surface area contributed by atoms with Gasteiger partial charge >= 0.3 is 0 Å². The second kappa shape index (κ2) is 6.69. The lowest BCUT2D eigenvalue weighted by Crippen LogP contribution is -2.48. The minimum Gasteiger partial charge on any atom is -0.394 e. The number of aliphatic hydroxyl groups is 1. The summed E-state index contributed by atoms with van der Waals surface area (Å²) < 4.78 is 11.3. The summed E-state index contributed by atoms with van der Waals surface area (Å²) in [4.78, 5) is 2.41. The van der Waals surface area contributed by atoms with Crippen molar-refractivity contribution in [3.63, 3.8) is 0 Å². The van der Waals surface area contributed by atoms with E-state index in [9.17, 15) is 0 Å². The van der Waals surface area contributed by atoms with Crippen LogP contribution in [0.3, 0.4) is 0 Å². The average molecular weight is 243 g/mol. The van der Waals surface area contributed by atoms with Crippen LogP contribution in [0.4, 0.5) is 0 Å². The fourth-order valence-electron chi connectivity index (χ4n) is 2.84. The fraction of sp³-hybridized carbons (Fsp3) is 1.00. The van der Waals surface area contributed by atoms with E-state index in [-0.39, 0.29) is 18.8 Å². The second-order valence-electron chi connectivity index (χ2n) is 5.29. The molecule has 17 heavy (non-hydrogen) atoms. The van der Waals surface area contributed by atoms with Gasteiger partial charge in [-0.2, -0.15) is 0 Å². The Bertz CT molecular complexity index is 219. The fourth-order valence-corrected chi connectivity index (χ4v) is 2.84. The predicted octanol–water partition coefficient (Wildman–Crippen LogP) is 1.03. The quantitative estimate of drug-likeness (QED) is 0.783. The molecule has 0 aromatic carbocycles. The first-order valence-corrected chi connectivity index (χ1v) is 6.88. The van der Waals surface area contributed by atoms with Gasteiger partial charge in [0.15, 0.2) is 0 Å². The van der Waals surface area contributed by atoms with Gasteiger partial charge in [0.05, 0.1) is 24.9 Å². The van der Waals surface area contributed by atoms with Crippen molar-refractivity contribution in [2.75, 3.05) is 32.8 Å². The summed E-state index contributed by atoms with van der Waals surface area (Å²) in [7, 11) is 0. The molecule has 4 heteroatoms. The molecule has 0 saturated carbocycles. The molecule has 2 aliphatic heterocycles. The molecule has 0 aromatic heterocycles. The molecule has 0 spiro atoms. The topological polar surface area (TPSA) is 41.9 Å². The van der Waals surface area contributed by atoms with Gasteiger partial charge in [-0.3, -0.25) is 4.90 Å². The van der Waals surface area contributed by atoms with Gasteiger partial charge in [-0.1, -0.05) is 0 Å². The highest BCUT2D eigenvalue weighted by Gasteiger charge is 2.24. The van der Waals surface area contributed by atoms with Crippen LogP contribution in [0.1, 0.15) is 32.6 Å². The molecule has 4 nitrogen and oxygen atoms in total. The van der Waals surface area contributed by atoms with Gasteiger partial charge in [-0.15, -0.1) is 0 Å². The number of hydrogen-bond acceptors (Lipinski definition) is 4. The zero-order chi connectivity index (χ0) is 12.1. The third kappa shape index (κ3) is 4.21. The monoisotopic (exact) mass is 243 g/mol. The van der Waals surface area contributed by atoms with Crippen LogP contribution in [0.25, 0.3) is 0 Å². The molecule has 0 aliphatic carbocycles. The number of ether oxygens (including phenoxy) is 2. The van der Waals surface area contributed by atoms with E-state index in [1.165, 1.54) is 25.7 Å². The summed E-state index contributed by atoms with van der Waals surface area (Å²) in [5.41, 5.74) is 0. The highest BCUT2D eigenvalue weighted by atomic mass is 16.5. The first-order chi connectivity index (χ1) is 8.28. The first-order valence-electron chi connectivity index (χ1n) is 6.88. The Morgan fingerprint density at radius 1 is 1.29 bits per heavy atom. The van der Waals surface area contributed by atoms with Gasteiger partial charge in [-0.25, -0.2) is 0 Å². The molecule has 2 aliphatic rings. The molecule has 3 atom stereocenters. The molecular weight excluding hydrogens is 218 g/mol. The van der Waals surface area contributed by atoms with Crippen LogP contribution in [0.5, 0.6) is 0 Å². The maximum atomic E-state index is 9.15. The molecule has 0 bridgehead atoms. The summed E-state index contributed by atoms with van der Waals surface area (Å²) in [6.07, 6.45) is 5.57. The lowest BCUT2D eigenvalue weighted by atomic mass is 10.1. The minimum atomic E-state index is 0.00137. The molecule has 2 rings (SSSR count). The Balaban J connectivity index is 1.63. The number of rotatable bonds is 5. The van der Waals surface area contributed by atoms with Crippen molar-refractivity contribution in [1.29, 1.82) is 0 Å². The van der Waals surface area contributed by atoms with Crippen LogP contribution < -0.4 is 0 Å². The van der Waals surface area contributed by atoms with Crippen LogP contribution >= 0.6 is 0 Å². The minimum absolute atomic E-state index is 0.00137. The van der Waals surface area contributed by atoms with Crippen LogP contribution in [0, 0.1) is 0 Å². The molecule has 100 valence electrons. The number of hydrogen-bond donors (Lipinski definition) is 1. The van der Waals surface area contributed by atoms with Gasteiger partial charge in [0.25, 0.3) is 0 Å². The van der Waals surface area contributed by atoms with Crippen LogP contribution in [0.15, 0.2) is 0 Å². The summed E-state index contributed by atoms with van der Waals surface area (Å²) in [6.45, 7) is 6.12. The van der Waals surface area contributed by atoms with E-state index in [1.807, 2.05) is 0 Å². The standard InChI is InChI=1S/C13H25NO3/c1-11-8-14(9-13(10-15)17-11)6-2-4-12-5-3-7-16-12/h11-13,15H,2-10H2,1H3. The van der Waals surface area contributed by atoms with Crippen LogP contribution in [-0.2, 0) is 9.47 Å². The second-order valence-corrected chi connectivity index (χ2v) is 5.29. The van der Waals surface area contributed by atoms with Crippen LogP contribution in [-0.4, -0.2) is 61.2 Å². The molecule has 0 radical (unpaired) electrons. The van der Waals surface area contributed by atoms with Crippen molar-refractivity contribution < 1.29 is 14.6 Å². The molecule has 2 heterocycles. The lowest BCUT2D eigenvalue weighted by molar-refractivity contribution is -0.0955. The summed E-state index contributed by atoms with van der Waals surface area (Å²) in [5, 5.41) is 9.15. The lowest BCUT2D eigenvalue weighted by Gasteiger charge is -2.36. The van der Waals surface area contributed by atoms with E-state index in [0.717, 1.165) is 26.2 Å². The maximum Gasteiger partial charge on any atom is 0.0936 e. The SMILES string of the molecule is CC1CN(CCCC2CCCO2)CC(CO)O1. The first kappa shape index (κ1) is 13.3. The Kier molecular flexibility index (Phi) is 5.22. The molecule has 0 amide bonds. The molecule has 1 N–H and O–H groups in total. The summed E-state index contributed by atoms with van der Waals surface area (Å²) >= 11 is 0. The van der Waals surface area contributed by atoms with E-state index in [2.05, 4.69) is 11.8 Å². The van der Waals surface area contributed by atoms with E-state index in [4.69, 9.17) is 14.6 Å². The van der Waals surface area contributed by atoms with Crippen LogP contribution in [0.2, 0.25) is 0 Å². The normalized spacial score (nSPS) is 35.3. The van der Waals surface area contributed by atoms with Crippen molar-refractivity contribution in [2.45, 2.75) is 50.9 Å². The summed E-state index contributed by atoms with van der Waals surface area (Å²) in [6, 6.07) is 0. The Labute approximate surface area is 104 Å². The Hall–Kier alpha value is -0.160. The molecular formula is C13H25NO3. The van der Waals surface area contributed by atoms with Crippen molar-refractivity contribution >= 4 is 0 Å². The number of morpholine rings is 1.